The Hall–Kier alpha value is -2.68. The monoisotopic (exact) mass is 395 g/mol. The van der Waals surface area contributed by atoms with Crippen LogP contribution in [-0.4, -0.2) is 36.9 Å². The van der Waals surface area contributed by atoms with Crippen LogP contribution in [0.5, 0.6) is 0 Å². The molecular formula is C17H13ClF3N5O. The van der Waals surface area contributed by atoms with Crippen molar-refractivity contribution in [3.8, 4) is 0 Å². The van der Waals surface area contributed by atoms with E-state index in [2.05, 4.69) is 15.1 Å². The Morgan fingerprint density at radius 2 is 2.04 bits per heavy atom. The number of alkyl halides is 3. The zero-order valence-corrected chi connectivity index (χ0v) is 14.8. The van der Waals surface area contributed by atoms with Crippen LogP contribution in [0.3, 0.4) is 0 Å². The number of hydrogen-bond donors (Lipinski definition) is 0. The Bertz CT molecular complexity index is 1060. The second-order valence-corrected chi connectivity index (χ2v) is 6.75. The van der Waals surface area contributed by atoms with Crippen LogP contribution in [0.2, 0.25) is 5.02 Å². The maximum Gasteiger partial charge on any atom is 0.433 e. The summed E-state index contributed by atoms with van der Waals surface area (Å²) in [6.07, 6.45) is -2.52. The van der Waals surface area contributed by atoms with Gasteiger partial charge in [0, 0.05) is 43.2 Å². The number of fused-ring (bicyclic) bond motifs is 2. The lowest BCUT2D eigenvalue weighted by Gasteiger charge is -2.27. The van der Waals surface area contributed by atoms with Crippen molar-refractivity contribution in [2.75, 3.05) is 6.54 Å². The average molecular weight is 396 g/mol. The number of pyridine rings is 1. The molecule has 10 heteroatoms. The lowest BCUT2D eigenvalue weighted by Crippen LogP contribution is -2.36. The maximum atomic E-state index is 13.3. The van der Waals surface area contributed by atoms with Gasteiger partial charge in [0.15, 0.2) is 11.3 Å². The van der Waals surface area contributed by atoms with Gasteiger partial charge in [-0.05, 0) is 24.6 Å². The molecule has 4 heterocycles. The smallest absolute Gasteiger partial charge is 0.332 e. The number of hydrogen-bond acceptors (Lipinski definition) is 4. The predicted molar refractivity (Wildman–Crippen MR) is 90.4 cm³/mol. The molecule has 0 N–H and O–H groups in total. The number of aromatic nitrogens is 4. The van der Waals surface area contributed by atoms with Crippen molar-refractivity contribution in [2.45, 2.75) is 26.1 Å². The molecule has 0 bridgehead atoms. The second-order valence-electron chi connectivity index (χ2n) is 6.32. The van der Waals surface area contributed by atoms with Gasteiger partial charge in [-0.3, -0.25) is 9.78 Å². The molecule has 0 saturated carbocycles. The fourth-order valence-electron chi connectivity index (χ4n) is 3.14. The zero-order valence-electron chi connectivity index (χ0n) is 14.1. The topological polar surface area (TPSA) is 63.4 Å². The van der Waals surface area contributed by atoms with Crippen LogP contribution in [0, 0.1) is 6.92 Å². The maximum absolute atomic E-state index is 13.3. The highest BCUT2D eigenvalue weighted by molar-refractivity contribution is 6.30. The van der Waals surface area contributed by atoms with Crippen molar-refractivity contribution < 1.29 is 18.0 Å². The van der Waals surface area contributed by atoms with Crippen molar-refractivity contribution in [1.29, 1.82) is 0 Å². The Morgan fingerprint density at radius 1 is 1.26 bits per heavy atom. The minimum absolute atomic E-state index is 0.0206. The van der Waals surface area contributed by atoms with Crippen LogP contribution in [0.15, 0.2) is 24.4 Å². The molecule has 6 nitrogen and oxygen atoms in total. The summed E-state index contributed by atoms with van der Waals surface area (Å²) in [5, 5.41) is 4.33. The van der Waals surface area contributed by atoms with Crippen molar-refractivity contribution in [3.05, 3.63) is 57.8 Å². The minimum Gasteiger partial charge on any atom is -0.332 e. The molecule has 0 atom stereocenters. The molecule has 1 aliphatic rings. The van der Waals surface area contributed by atoms with E-state index in [4.69, 9.17) is 11.6 Å². The SMILES string of the molecule is Cc1cc(C(F)(F)F)n2nc(C(=O)N3CCc4ncc(Cl)cc4C3)cc2n1. The van der Waals surface area contributed by atoms with Crippen LogP contribution >= 0.6 is 11.6 Å². The molecule has 0 spiro atoms. The summed E-state index contributed by atoms with van der Waals surface area (Å²) < 4.78 is 40.5. The summed E-state index contributed by atoms with van der Waals surface area (Å²) in [6.45, 7) is 2.13. The van der Waals surface area contributed by atoms with Crippen molar-refractivity contribution in [3.63, 3.8) is 0 Å². The number of rotatable bonds is 1. The molecule has 0 radical (unpaired) electrons. The molecule has 3 aromatic rings. The van der Waals surface area contributed by atoms with E-state index in [0.717, 1.165) is 17.3 Å². The van der Waals surface area contributed by atoms with Gasteiger partial charge in [-0.1, -0.05) is 11.6 Å². The second kappa shape index (κ2) is 6.19. The molecule has 3 aromatic heterocycles. The third-order valence-electron chi connectivity index (χ3n) is 4.36. The number of aryl methyl sites for hydroxylation is 1. The van der Waals surface area contributed by atoms with Gasteiger partial charge in [-0.25, -0.2) is 9.50 Å². The number of carbonyl (C=O) groups excluding carboxylic acids is 1. The summed E-state index contributed by atoms with van der Waals surface area (Å²) in [6, 6.07) is 3.91. The van der Waals surface area contributed by atoms with Gasteiger partial charge in [-0.15, -0.1) is 0 Å². The highest BCUT2D eigenvalue weighted by Gasteiger charge is 2.35. The average Bonchev–Trinajstić information content (AvgIpc) is 3.02. The first-order valence-electron chi connectivity index (χ1n) is 8.09. The highest BCUT2D eigenvalue weighted by atomic mass is 35.5. The molecular weight excluding hydrogens is 383 g/mol. The zero-order chi connectivity index (χ0) is 19.3. The van der Waals surface area contributed by atoms with E-state index in [0.29, 0.717) is 22.5 Å². The fourth-order valence-corrected chi connectivity index (χ4v) is 3.32. The van der Waals surface area contributed by atoms with Crippen LogP contribution in [-0.2, 0) is 19.1 Å². The van der Waals surface area contributed by atoms with E-state index in [1.807, 2.05) is 0 Å². The standard InChI is InChI=1S/C17H13ClF3N5O/c1-9-4-14(17(19,20)21)26-15(23-9)6-13(24-26)16(27)25-3-2-12-10(8-25)5-11(18)7-22-12/h4-7H,2-3,8H2,1H3. The quantitative estimate of drug-likeness (QED) is 0.634. The lowest BCUT2D eigenvalue weighted by molar-refractivity contribution is -0.142. The Labute approximate surface area is 156 Å². The van der Waals surface area contributed by atoms with Crippen molar-refractivity contribution >= 4 is 23.2 Å². The van der Waals surface area contributed by atoms with Gasteiger partial charge in [0.1, 0.15) is 5.69 Å². The number of nitrogens with zero attached hydrogens (tertiary/aromatic N) is 5. The molecule has 0 unspecified atom stereocenters. The normalized spacial score (nSPS) is 14.5. The fraction of sp³-hybridized carbons (Fsp3) is 0.294. The van der Waals surface area contributed by atoms with Crippen LogP contribution in [0.25, 0.3) is 5.65 Å². The van der Waals surface area contributed by atoms with Crippen molar-refractivity contribution in [2.24, 2.45) is 0 Å². The van der Waals surface area contributed by atoms with E-state index in [1.54, 1.807) is 12.3 Å². The van der Waals surface area contributed by atoms with Crippen LogP contribution in [0.1, 0.15) is 33.1 Å². The first kappa shape index (κ1) is 17.7. The minimum atomic E-state index is -4.61. The number of carbonyl (C=O) groups is 1. The van der Waals surface area contributed by atoms with Gasteiger partial charge in [-0.2, -0.15) is 18.3 Å². The molecule has 27 heavy (non-hydrogen) atoms. The molecule has 4 rings (SSSR count). The summed E-state index contributed by atoms with van der Waals surface area (Å²) in [4.78, 5) is 22.6. The molecule has 0 fully saturated rings. The first-order valence-corrected chi connectivity index (χ1v) is 8.47. The molecule has 0 aliphatic carbocycles. The van der Waals surface area contributed by atoms with Gasteiger partial charge in [0.2, 0.25) is 0 Å². The predicted octanol–water partition coefficient (Wildman–Crippen LogP) is 3.30. The third-order valence-corrected chi connectivity index (χ3v) is 4.56. The van der Waals surface area contributed by atoms with E-state index in [9.17, 15) is 18.0 Å². The van der Waals surface area contributed by atoms with Gasteiger partial charge < -0.3 is 4.90 Å². The Kier molecular flexibility index (Phi) is 4.06. The summed E-state index contributed by atoms with van der Waals surface area (Å²) >= 11 is 5.95. The summed E-state index contributed by atoms with van der Waals surface area (Å²) in [7, 11) is 0. The largest absolute Gasteiger partial charge is 0.433 e. The number of halogens is 4. The summed E-state index contributed by atoms with van der Waals surface area (Å²) in [5.41, 5.74) is 0.793. The summed E-state index contributed by atoms with van der Waals surface area (Å²) in [5.74, 6) is -0.461. The lowest BCUT2D eigenvalue weighted by atomic mass is 10.1. The highest BCUT2D eigenvalue weighted by Crippen LogP contribution is 2.30. The van der Waals surface area contributed by atoms with E-state index < -0.39 is 17.8 Å². The Morgan fingerprint density at radius 3 is 2.78 bits per heavy atom. The van der Waals surface area contributed by atoms with Gasteiger partial charge in [0.05, 0.1) is 5.02 Å². The third kappa shape index (κ3) is 3.23. The van der Waals surface area contributed by atoms with E-state index >= 15 is 0 Å². The van der Waals surface area contributed by atoms with Crippen LogP contribution in [0.4, 0.5) is 13.2 Å². The molecule has 0 aromatic carbocycles. The van der Waals surface area contributed by atoms with Crippen LogP contribution < -0.4 is 0 Å². The first-order chi connectivity index (χ1) is 12.7. The van der Waals surface area contributed by atoms with Gasteiger partial charge >= 0.3 is 6.18 Å². The molecule has 0 saturated heterocycles. The van der Waals surface area contributed by atoms with Gasteiger partial charge in [0.25, 0.3) is 5.91 Å². The number of amides is 1. The van der Waals surface area contributed by atoms with E-state index in [-0.39, 0.29) is 23.6 Å². The molecule has 140 valence electrons. The Balaban J connectivity index is 1.70. The van der Waals surface area contributed by atoms with E-state index in [1.165, 1.54) is 17.9 Å². The van der Waals surface area contributed by atoms with Crippen molar-refractivity contribution in [1.82, 2.24) is 24.5 Å². The molecule has 1 aliphatic heterocycles. The molecule has 1 amide bonds.